The lowest BCUT2D eigenvalue weighted by molar-refractivity contribution is -0.143. The average molecular weight is 272 g/mol. The van der Waals surface area contributed by atoms with E-state index in [-0.39, 0.29) is 6.03 Å². The molecule has 0 aliphatic heterocycles. The van der Waals surface area contributed by atoms with Gasteiger partial charge in [0.25, 0.3) is 0 Å². The molecule has 0 bridgehead atoms. The van der Waals surface area contributed by atoms with Crippen LogP contribution in [0, 0.1) is 5.92 Å². The van der Waals surface area contributed by atoms with Gasteiger partial charge in [-0.3, -0.25) is 0 Å². The molecular weight excluding hydrogens is 244 g/mol. The normalized spacial score (nSPS) is 14.0. The fraction of sp³-hybridized carbons (Fsp3) is 0.857. The van der Waals surface area contributed by atoms with Crippen LogP contribution in [0.3, 0.4) is 0 Å². The van der Waals surface area contributed by atoms with Crippen LogP contribution in [0.25, 0.3) is 0 Å². The van der Waals surface area contributed by atoms with Gasteiger partial charge in [-0.25, -0.2) is 9.59 Å². The van der Waals surface area contributed by atoms with Crippen LogP contribution in [0.1, 0.15) is 53.9 Å². The second kappa shape index (κ2) is 8.02. The highest BCUT2D eigenvalue weighted by Crippen LogP contribution is 2.13. The maximum atomic E-state index is 12.2. The van der Waals surface area contributed by atoms with Crippen molar-refractivity contribution < 1.29 is 14.7 Å². The van der Waals surface area contributed by atoms with E-state index in [4.69, 9.17) is 0 Å². The number of carbonyl (C=O) groups excluding carboxylic acids is 1. The standard InChI is InChI=1S/C14H28N2O3/c1-6-11(7-2)10-16(9-4)13(19)15-14(5,8-3)12(17)18/h11H,6-10H2,1-5H3,(H,15,19)(H,17,18). The molecule has 0 aromatic carbocycles. The summed E-state index contributed by atoms with van der Waals surface area (Å²) < 4.78 is 0. The minimum absolute atomic E-state index is 0.291. The lowest BCUT2D eigenvalue weighted by Gasteiger charge is -2.31. The molecule has 0 aliphatic carbocycles. The van der Waals surface area contributed by atoms with Gasteiger partial charge in [-0.15, -0.1) is 0 Å². The van der Waals surface area contributed by atoms with Crippen molar-refractivity contribution in [2.75, 3.05) is 13.1 Å². The largest absolute Gasteiger partial charge is 0.480 e. The summed E-state index contributed by atoms with van der Waals surface area (Å²) in [7, 11) is 0. The SMILES string of the molecule is CCC(CC)CN(CC)C(=O)NC(C)(CC)C(=O)O. The predicted octanol–water partition coefficient (Wildman–Crippen LogP) is 2.71. The fourth-order valence-corrected chi connectivity index (χ4v) is 1.82. The molecule has 2 N–H and O–H groups in total. The van der Waals surface area contributed by atoms with Crippen molar-refractivity contribution in [3.05, 3.63) is 0 Å². The average Bonchev–Trinajstić information content (AvgIpc) is 2.39. The van der Waals surface area contributed by atoms with Crippen molar-refractivity contribution >= 4 is 12.0 Å². The van der Waals surface area contributed by atoms with Crippen LogP contribution >= 0.6 is 0 Å². The molecule has 0 fully saturated rings. The van der Waals surface area contributed by atoms with Crippen molar-refractivity contribution in [1.82, 2.24) is 10.2 Å². The number of rotatable bonds is 8. The third kappa shape index (κ3) is 5.09. The highest BCUT2D eigenvalue weighted by Gasteiger charge is 2.34. The van der Waals surface area contributed by atoms with Crippen LogP contribution in [-0.2, 0) is 4.79 Å². The van der Waals surface area contributed by atoms with E-state index in [1.54, 1.807) is 11.8 Å². The predicted molar refractivity (Wildman–Crippen MR) is 76.2 cm³/mol. The summed E-state index contributed by atoms with van der Waals surface area (Å²) in [5.74, 6) is -0.537. The lowest BCUT2D eigenvalue weighted by Crippen LogP contribution is -2.56. The van der Waals surface area contributed by atoms with Crippen molar-refractivity contribution in [2.24, 2.45) is 5.92 Å². The van der Waals surface area contributed by atoms with Gasteiger partial charge in [-0.1, -0.05) is 33.6 Å². The van der Waals surface area contributed by atoms with Gasteiger partial charge in [0.1, 0.15) is 5.54 Å². The Hall–Kier alpha value is -1.26. The first-order valence-electron chi connectivity index (χ1n) is 7.14. The van der Waals surface area contributed by atoms with Gasteiger partial charge < -0.3 is 15.3 Å². The van der Waals surface area contributed by atoms with Crippen LogP contribution < -0.4 is 5.32 Å². The number of hydrogen-bond acceptors (Lipinski definition) is 2. The van der Waals surface area contributed by atoms with Crippen LogP contribution in [0.5, 0.6) is 0 Å². The van der Waals surface area contributed by atoms with E-state index in [1.165, 1.54) is 6.92 Å². The number of nitrogens with zero attached hydrogens (tertiary/aromatic N) is 1. The molecule has 0 aliphatic rings. The zero-order chi connectivity index (χ0) is 15.1. The van der Waals surface area contributed by atoms with E-state index < -0.39 is 11.5 Å². The summed E-state index contributed by atoms with van der Waals surface area (Å²) in [5, 5.41) is 11.8. The molecule has 0 spiro atoms. The van der Waals surface area contributed by atoms with Gasteiger partial charge in [0, 0.05) is 13.1 Å². The molecule has 1 atom stereocenters. The van der Waals surface area contributed by atoms with Crippen molar-refractivity contribution in [3.63, 3.8) is 0 Å². The minimum Gasteiger partial charge on any atom is -0.480 e. The molecule has 1 unspecified atom stereocenters. The molecule has 0 aromatic rings. The number of carboxylic acids is 1. The number of nitrogens with one attached hydrogen (secondary N) is 1. The van der Waals surface area contributed by atoms with E-state index in [0.717, 1.165) is 12.8 Å². The van der Waals surface area contributed by atoms with Crippen molar-refractivity contribution in [3.8, 4) is 0 Å². The summed E-state index contributed by atoms with van der Waals surface area (Å²) in [5.41, 5.74) is -1.20. The molecule has 0 saturated carbocycles. The van der Waals surface area contributed by atoms with E-state index in [2.05, 4.69) is 19.2 Å². The Kier molecular flexibility index (Phi) is 7.49. The topological polar surface area (TPSA) is 69.6 Å². The van der Waals surface area contributed by atoms with Gasteiger partial charge >= 0.3 is 12.0 Å². The quantitative estimate of drug-likeness (QED) is 0.713. The third-order valence-corrected chi connectivity index (χ3v) is 3.86. The number of carboxylic acid groups (broad SMARTS) is 1. The van der Waals surface area contributed by atoms with Gasteiger partial charge in [-0.2, -0.15) is 0 Å². The number of amides is 2. The van der Waals surface area contributed by atoms with Crippen LogP contribution in [0.4, 0.5) is 4.79 Å². The fourth-order valence-electron chi connectivity index (χ4n) is 1.82. The second-order valence-corrected chi connectivity index (χ2v) is 5.14. The van der Waals surface area contributed by atoms with Gasteiger partial charge in [0.2, 0.25) is 0 Å². The Morgan fingerprint density at radius 3 is 2.05 bits per heavy atom. The van der Waals surface area contributed by atoms with Gasteiger partial charge in [0.05, 0.1) is 0 Å². The molecule has 2 amide bonds. The molecule has 5 heteroatoms. The van der Waals surface area contributed by atoms with E-state index >= 15 is 0 Å². The number of carbonyl (C=O) groups is 2. The highest BCUT2D eigenvalue weighted by molar-refractivity contribution is 5.85. The lowest BCUT2D eigenvalue weighted by atomic mass is 9.99. The first kappa shape index (κ1) is 17.7. The smallest absolute Gasteiger partial charge is 0.329 e. The zero-order valence-electron chi connectivity index (χ0n) is 12.8. The Balaban J connectivity index is 4.72. The molecule has 0 heterocycles. The molecular formula is C14H28N2O3. The van der Waals surface area contributed by atoms with E-state index in [1.807, 2.05) is 6.92 Å². The third-order valence-electron chi connectivity index (χ3n) is 3.86. The minimum atomic E-state index is -1.20. The first-order chi connectivity index (χ1) is 8.84. The summed E-state index contributed by atoms with van der Waals surface area (Å²) in [6, 6.07) is -0.291. The van der Waals surface area contributed by atoms with Gasteiger partial charge in [-0.05, 0) is 26.2 Å². The van der Waals surface area contributed by atoms with Crippen LogP contribution in [0.2, 0.25) is 0 Å². The van der Waals surface area contributed by atoms with Crippen LogP contribution in [-0.4, -0.2) is 40.6 Å². The molecule has 5 nitrogen and oxygen atoms in total. The van der Waals surface area contributed by atoms with E-state index in [0.29, 0.717) is 25.4 Å². The first-order valence-corrected chi connectivity index (χ1v) is 7.14. The number of hydrogen-bond donors (Lipinski definition) is 2. The number of aliphatic carboxylic acids is 1. The Labute approximate surface area is 116 Å². The summed E-state index contributed by atoms with van der Waals surface area (Å²) in [6.45, 7) is 10.7. The zero-order valence-corrected chi connectivity index (χ0v) is 12.8. The monoisotopic (exact) mass is 272 g/mol. The second-order valence-electron chi connectivity index (χ2n) is 5.14. The molecule has 112 valence electrons. The van der Waals surface area contributed by atoms with Crippen LogP contribution in [0.15, 0.2) is 0 Å². The highest BCUT2D eigenvalue weighted by atomic mass is 16.4. The van der Waals surface area contributed by atoms with Crippen molar-refractivity contribution in [2.45, 2.75) is 59.4 Å². The Morgan fingerprint density at radius 2 is 1.74 bits per heavy atom. The molecule has 0 radical (unpaired) electrons. The van der Waals surface area contributed by atoms with Crippen molar-refractivity contribution in [1.29, 1.82) is 0 Å². The summed E-state index contributed by atoms with van der Waals surface area (Å²) >= 11 is 0. The Morgan fingerprint density at radius 1 is 1.21 bits per heavy atom. The van der Waals surface area contributed by atoms with Gasteiger partial charge in [0.15, 0.2) is 0 Å². The van der Waals surface area contributed by atoms with E-state index in [9.17, 15) is 14.7 Å². The summed E-state index contributed by atoms with van der Waals surface area (Å²) in [6.07, 6.45) is 2.39. The number of urea groups is 1. The summed E-state index contributed by atoms with van der Waals surface area (Å²) in [4.78, 5) is 25.1. The molecule has 0 rings (SSSR count). The Bertz CT molecular complexity index is 303. The maximum absolute atomic E-state index is 12.2. The molecule has 0 aromatic heterocycles. The molecule has 19 heavy (non-hydrogen) atoms. The molecule has 0 saturated heterocycles. The maximum Gasteiger partial charge on any atom is 0.329 e.